The van der Waals surface area contributed by atoms with Crippen LogP contribution >= 0.6 is 0 Å². The highest BCUT2D eigenvalue weighted by Crippen LogP contribution is 2.60. The number of hydrogen-bond donors (Lipinski definition) is 1. The quantitative estimate of drug-likeness (QED) is 0.328. The summed E-state index contributed by atoms with van der Waals surface area (Å²) < 4.78 is 0. The fraction of sp³-hybridized carbons (Fsp3) is 0.0588. The second-order valence-corrected chi connectivity index (χ2v) is 9.00. The Labute approximate surface area is 206 Å². The average molecular weight is 451 g/mol. The number of rotatable bonds is 5. The summed E-state index contributed by atoms with van der Waals surface area (Å²) in [6, 6.07) is 41.7. The third-order valence-electron chi connectivity index (χ3n) is 6.96. The smallest absolute Gasteiger partial charge is 0.139 e. The van der Waals surface area contributed by atoms with E-state index in [0.29, 0.717) is 6.42 Å². The van der Waals surface area contributed by atoms with Crippen molar-refractivity contribution in [3.8, 4) is 0 Å². The Bertz CT molecular complexity index is 1370. The van der Waals surface area contributed by atoms with Gasteiger partial charge in [-0.1, -0.05) is 140 Å². The molecular formula is C34H26O. The predicted octanol–water partition coefficient (Wildman–Crippen LogP) is 7.84. The van der Waals surface area contributed by atoms with E-state index in [2.05, 4.69) is 115 Å². The Kier molecular flexibility index (Phi) is 5.41. The topological polar surface area (TPSA) is 20.2 Å². The first kappa shape index (κ1) is 21.3. The molecule has 0 bridgehead atoms. The Balaban J connectivity index is 1.80. The zero-order valence-electron chi connectivity index (χ0n) is 19.4. The summed E-state index contributed by atoms with van der Waals surface area (Å²) in [5, 5.41) is 13.1. The zero-order valence-corrected chi connectivity index (χ0v) is 19.4. The monoisotopic (exact) mass is 450 g/mol. The van der Waals surface area contributed by atoms with Crippen molar-refractivity contribution in [3.63, 3.8) is 0 Å². The molecule has 1 heteroatoms. The fourth-order valence-corrected chi connectivity index (χ4v) is 5.48. The van der Waals surface area contributed by atoms with Crippen LogP contribution in [0, 0.1) is 0 Å². The maximum atomic E-state index is 13.1. The van der Waals surface area contributed by atoms with Crippen molar-refractivity contribution in [3.05, 3.63) is 167 Å². The SMILES string of the molecule is OC1(C2=CC=CC2)C(c2ccccc2)=C(c2ccccc2)C(c2ccccc2)=C1c1ccccc1. The van der Waals surface area contributed by atoms with Crippen molar-refractivity contribution in [2.24, 2.45) is 0 Å². The molecule has 0 spiro atoms. The molecule has 0 aromatic heterocycles. The average Bonchev–Trinajstić information content (AvgIpc) is 3.57. The van der Waals surface area contributed by atoms with Gasteiger partial charge in [0.25, 0.3) is 0 Å². The second kappa shape index (κ2) is 8.87. The summed E-state index contributed by atoms with van der Waals surface area (Å²) in [5.74, 6) is 0. The molecule has 2 aliphatic rings. The largest absolute Gasteiger partial charge is 0.376 e. The third-order valence-corrected chi connectivity index (χ3v) is 6.96. The highest BCUT2D eigenvalue weighted by Gasteiger charge is 2.49. The van der Waals surface area contributed by atoms with Gasteiger partial charge in [-0.25, -0.2) is 0 Å². The van der Waals surface area contributed by atoms with E-state index < -0.39 is 5.60 Å². The number of aliphatic hydroxyl groups is 1. The van der Waals surface area contributed by atoms with E-state index in [1.54, 1.807) is 0 Å². The molecule has 0 aliphatic heterocycles. The van der Waals surface area contributed by atoms with Crippen molar-refractivity contribution < 1.29 is 5.11 Å². The molecule has 0 radical (unpaired) electrons. The lowest BCUT2D eigenvalue weighted by atomic mass is 9.76. The van der Waals surface area contributed by atoms with Crippen LogP contribution in [0.15, 0.2) is 145 Å². The lowest BCUT2D eigenvalue weighted by Gasteiger charge is -2.33. The number of benzene rings is 4. The van der Waals surface area contributed by atoms with Crippen molar-refractivity contribution in [2.75, 3.05) is 0 Å². The minimum Gasteiger partial charge on any atom is -0.376 e. The van der Waals surface area contributed by atoms with Crippen molar-refractivity contribution in [1.82, 2.24) is 0 Å². The molecule has 4 aromatic rings. The molecule has 35 heavy (non-hydrogen) atoms. The third kappa shape index (κ3) is 3.53. The molecular weight excluding hydrogens is 424 g/mol. The normalized spacial score (nSPS) is 16.7. The first-order valence-electron chi connectivity index (χ1n) is 12.1. The van der Waals surface area contributed by atoms with Gasteiger partial charge in [-0.3, -0.25) is 0 Å². The van der Waals surface area contributed by atoms with Crippen molar-refractivity contribution in [1.29, 1.82) is 0 Å². The molecule has 0 saturated carbocycles. The van der Waals surface area contributed by atoms with Gasteiger partial charge in [-0.2, -0.15) is 0 Å². The van der Waals surface area contributed by atoms with Crippen LogP contribution in [-0.2, 0) is 0 Å². The van der Waals surface area contributed by atoms with Crippen LogP contribution in [0.3, 0.4) is 0 Å². The van der Waals surface area contributed by atoms with Crippen LogP contribution in [0.5, 0.6) is 0 Å². The van der Waals surface area contributed by atoms with Crippen molar-refractivity contribution >= 4 is 22.3 Å². The molecule has 1 nitrogen and oxygen atoms in total. The summed E-state index contributed by atoms with van der Waals surface area (Å²) in [7, 11) is 0. The summed E-state index contributed by atoms with van der Waals surface area (Å²) in [5.41, 5.74) is 8.02. The first-order chi connectivity index (χ1) is 17.3. The highest BCUT2D eigenvalue weighted by atomic mass is 16.3. The van der Waals surface area contributed by atoms with E-state index in [-0.39, 0.29) is 0 Å². The summed E-state index contributed by atoms with van der Waals surface area (Å²) in [4.78, 5) is 0. The zero-order chi connectivity index (χ0) is 23.7. The Hall–Kier alpha value is -4.20. The van der Waals surface area contributed by atoms with E-state index >= 15 is 0 Å². The van der Waals surface area contributed by atoms with E-state index in [1.165, 1.54) is 0 Å². The molecule has 1 N–H and O–H groups in total. The van der Waals surface area contributed by atoms with Gasteiger partial charge in [0.15, 0.2) is 0 Å². The van der Waals surface area contributed by atoms with Gasteiger partial charge in [0, 0.05) is 11.1 Å². The maximum Gasteiger partial charge on any atom is 0.139 e. The van der Waals surface area contributed by atoms with Gasteiger partial charge in [0.2, 0.25) is 0 Å². The summed E-state index contributed by atoms with van der Waals surface area (Å²) >= 11 is 0. The lowest BCUT2D eigenvalue weighted by Crippen LogP contribution is -2.32. The fourth-order valence-electron chi connectivity index (χ4n) is 5.48. The first-order valence-corrected chi connectivity index (χ1v) is 12.1. The number of allylic oxidation sites excluding steroid dienone is 5. The Morgan fingerprint density at radius 1 is 0.486 bits per heavy atom. The van der Waals surface area contributed by atoms with Gasteiger partial charge in [-0.05, 0) is 45.4 Å². The maximum absolute atomic E-state index is 13.1. The minimum absolute atomic E-state index is 0.716. The molecule has 4 aromatic carbocycles. The van der Waals surface area contributed by atoms with Crippen LogP contribution in [-0.4, -0.2) is 10.7 Å². The van der Waals surface area contributed by atoms with Gasteiger partial charge in [0.1, 0.15) is 5.60 Å². The van der Waals surface area contributed by atoms with Crippen LogP contribution in [0.1, 0.15) is 28.7 Å². The molecule has 0 atom stereocenters. The van der Waals surface area contributed by atoms with Crippen LogP contribution in [0.4, 0.5) is 0 Å². The second-order valence-electron chi connectivity index (χ2n) is 9.00. The van der Waals surface area contributed by atoms with E-state index in [1.807, 2.05) is 24.3 Å². The van der Waals surface area contributed by atoms with Crippen LogP contribution < -0.4 is 0 Å². The molecule has 0 heterocycles. The molecule has 2 aliphatic carbocycles. The van der Waals surface area contributed by atoms with Gasteiger partial charge >= 0.3 is 0 Å². The van der Waals surface area contributed by atoms with Gasteiger partial charge in [-0.15, -0.1) is 0 Å². The van der Waals surface area contributed by atoms with Gasteiger partial charge < -0.3 is 5.11 Å². The molecule has 0 fully saturated rings. The minimum atomic E-state index is -1.28. The Morgan fingerprint density at radius 3 is 1.20 bits per heavy atom. The number of hydrogen-bond acceptors (Lipinski definition) is 1. The van der Waals surface area contributed by atoms with E-state index in [9.17, 15) is 5.11 Å². The molecule has 168 valence electrons. The Morgan fingerprint density at radius 2 is 0.857 bits per heavy atom. The predicted molar refractivity (Wildman–Crippen MR) is 146 cm³/mol. The summed E-state index contributed by atoms with van der Waals surface area (Å²) in [6.07, 6.45) is 6.98. The standard InChI is InChI=1S/C34H26O/c35-34(29-23-13-14-24-29)32(27-19-9-3-10-20-27)30(25-15-5-1-6-16-25)31(26-17-7-2-8-18-26)33(34)28-21-11-4-12-22-28/h1-23,35H,24H2. The highest BCUT2D eigenvalue weighted by molar-refractivity contribution is 6.31. The molecule has 6 rings (SSSR count). The van der Waals surface area contributed by atoms with E-state index in [0.717, 1.165) is 50.1 Å². The van der Waals surface area contributed by atoms with Gasteiger partial charge in [0.05, 0.1) is 0 Å². The lowest BCUT2D eigenvalue weighted by molar-refractivity contribution is 0.202. The summed E-state index contributed by atoms with van der Waals surface area (Å²) in [6.45, 7) is 0. The van der Waals surface area contributed by atoms with E-state index in [4.69, 9.17) is 0 Å². The molecule has 0 saturated heterocycles. The van der Waals surface area contributed by atoms with Crippen LogP contribution in [0.2, 0.25) is 0 Å². The van der Waals surface area contributed by atoms with Crippen molar-refractivity contribution in [2.45, 2.75) is 12.0 Å². The van der Waals surface area contributed by atoms with Crippen LogP contribution in [0.25, 0.3) is 22.3 Å². The molecule has 0 unspecified atom stereocenters. The molecule has 0 amide bonds.